The molecular weight excluding hydrogens is 440 g/mol. The first-order valence-corrected chi connectivity index (χ1v) is 16.2. The summed E-state index contributed by atoms with van der Waals surface area (Å²) < 4.78 is 0. The minimum atomic E-state index is -0.0317. The van der Waals surface area contributed by atoms with Crippen LogP contribution in [0.25, 0.3) is 0 Å². The van der Waals surface area contributed by atoms with Gasteiger partial charge < -0.3 is 10.2 Å². The number of aliphatic hydroxyl groups excluding tert-OH is 2. The van der Waals surface area contributed by atoms with Gasteiger partial charge in [0, 0.05) is 0 Å². The largest absolute Gasteiger partial charge is 0.393 e. The Labute approximate surface area is 223 Å². The van der Waals surface area contributed by atoms with Crippen molar-refractivity contribution in [3.8, 4) is 0 Å². The average molecular weight is 501 g/mol. The Kier molecular flexibility index (Phi) is 7.28. The van der Waals surface area contributed by atoms with Gasteiger partial charge in [-0.25, -0.2) is 0 Å². The lowest BCUT2D eigenvalue weighted by Crippen LogP contribution is -2.43. The molecule has 2 N–H and O–H groups in total. The summed E-state index contributed by atoms with van der Waals surface area (Å²) in [6.45, 7) is 19.4. The maximum atomic E-state index is 10.6. The lowest BCUT2D eigenvalue weighted by molar-refractivity contribution is -0.0455. The second-order valence-corrected chi connectivity index (χ2v) is 16.4. The molecule has 6 aliphatic carbocycles. The van der Waals surface area contributed by atoms with Gasteiger partial charge >= 0.3 is 0 Å². The molecule has 0 heterocycles. The third-order valence-corrected chi connectivity index (χ3v) is 14.9. The highest BCUT2D eigenvalue weighted by atomic mass is 16.3. The van der Waals surface area contributed by atoms with E-state index in [2.05, 4.69) is 55.4 Å². The predicted molar refractivity (Wildman–Crippen MR) is 150 cm³/mol. The van der Waals surface area contributed by atoms with Crippen LogP contribution in [0.3, 0.4) is 0 Å². The van der Waals surface area contributed by atoms with E-state index < -0.39 is 0 Å². The molecule has 0 saturated heterocycles. The minimum Gasteiger partial charge on any atom is -0.393 e. The van der Waals surface area contributed by atoms with Crippen molar-refractivity contribution in [1.82, 2.24) is 0 Å². The summed E-state index contributed by atoms with van der Waals surface area (Å²) in [5, 5.41) is 21.2. The van der Waals surface area contributed by atoms with E-state index in [1.807, 2.05) is 0 Å². The first-order chi connectivity index (χ1) is 16.8. The fourth-order valence-electron chi connectivity index (χ4n) is 11.4. The third kappa shape index (κ3) is 4.08. The van der Waals surface area contributed by atoms with E-state index in [4.69, 9.17) is 0 Å². The summed E-state index contributed by atoms with van der Waals surface area (Å²) in [7, 11) is 0. The van der Waals surface area contributed by atoms with Crippen LogP contribution in [0.1, 0.15) is 126 Å². The van der Waals surface area contributed by atoms with Crippen molar-refractivity contribution in [2.24, 2.45) is 75.4 Å². The van der Waals surface area contributed by atoms with Crippen LogP contribution >= 0.6 is 0 Å². The van der Waals surface area contributed by atoms with Crippen LogP contribution < -0.4 is 0 Å². The minimum absolute atomic E-state index is 0.0154. The molecule has 4 bridgehead atoms. The van der Waals surface area contributed by atoms with Gasteiger partial charge in [0.1, 0.15) is 0 Å². The van der Waals surface area contributed by atoms with Gasteiger partial charge in [0.15, 0.2) is 0 Å². The van der Waals surface area contributed by atoms with Crippen molar-refractivity contribution in [1.29, 1.82) is 0 Å². The van der Waals surface area contributed by atoms with Crippen molar-refractivity contribution in [2.45, 2.75) is 138 Å². The van der Waals surface area contributed by atoms with Crippen LogP contribution in [0.4, 0.5) is 0 Å². The number of hydrogen-bond acceptors (Lipinski definition) is 2. The highest BCUT2D eigenvalue weighted by Gasteiger charge is 2.63. The summed E-state index contributed by atoms with van der Waals surface area (Å²) in [5.74, 6) is 7.45. The molecule has 6 saturated carbocycles. The van der Waals surface area contributed by atoms with Gasteiger partial charge in [0.2, 0.25) is 0 Å². The van der Waals surface area contributed by atoms with Crippen molar-refractivity contribution >= 4 is 0 Å². The number of rotatable bonds is 2. The van der Waals surface area contributed by atoms with Gasteiger partial charge in [0.25, 0.3) is 0 Å². The zero-order valence-corrected chi connectivity index (χ0v) is 25.1. The fourth-order valence-corrected chi connectivity index (χ4v) is 11.4. The molecule has 0 aromatic heterocycles. The first kappa shape index (κ1) is 27.5. The number of fused-ring (bicyclic) bond motifs is 4. The summed E-state index contributed by atoms with van der Waals surface area (Å²) >= 11 is 0. The molecule has 6 aliphatic rings. The summed E-state index contributed by atoms with van der Waals surface area (Å²) in [6, 6.07) is 0. The van der Waals surface area contributed by atoms with Crippen LogP contribution in [-0.2, 0) is 0 Å². The topological polar surface area (TPSA) is 40.5 Å². The van der Waals surface area contributed by atoms with E-state index in [0.717, 1.165) is 35.5 Å². The van der Waals surface area contributed by atoms with Crippen LogP contribution in [0, 0.1) is 75.4 Å². The van der Waals surface area contributed by atoms with Gasteiger partial charge in [-0.3, -0.25) is 0 Å². The second-order valence-electron chi connectivity index (χ2n) is 16.4. The lowest BCUT2D eigenvalue weighted by Gasteiger charge is -2.46. The van der Waals surface area contributed by atoms with Crippen molar-refractivity contribution in [3.63, 3.8) is 0 Å². The molecule has 6 rings (SSSR count). The maximum absolute atomic E-state index is 10.6. The molecule has 13 unspecified atom stereocenters. The Balaban J connectivity index is 0.000000148. The normalized spacial score (nSPS) is 54.8. The zero-order chi connectivity index (χ0) is 26.2. The molecule has 0 amide bonds. The van der Waals surface area contributed by atoms with E-state index in [-0.39, 0.29) is 12.2 Å². The van der Waals surface area contributed by atoms with Crippen LogP contribution in [0.2, 0.25) is 0 Å². The fraction of sp³-hybridized carbons (Fsp3) is 1.00. The second kappa shape index (κ2) is 9.53. The number of hydrogen-bond donors (Lipinski definition) is 2. The van der Waals surface area contributed by atoms with Gasteiger partial charge in [-0.2, -0.15) is 0 Å². The molecule has 2 heteroatoms. The van der Waals surface area contributed by atoms with Crippen LogP contribution in [0.15, 0.2) is 0 Å². The summed E-state index contributed by atoms with van der Waals surface area (Å²) in [6.07, 6.45) is 14.7. The molecular formula is C34H60O2. The van der Waals surface area contributed by atoms with E-state index in [1.165, 1.54) is 70.6 Å². The Morgan fingerprint density at radius 2 is 1.14 bits per heavy atom. The first-order valence-electron chi connectivity index (χ1n) is 16.2. The standard InChI is InChI=1S/2C17H30O/c1-10-6-5-7-13(16(10)18)15-9-12-8-14(15)11(2)17(12,3)4;1-11-6-5-7-13(15(11)18)14-10-12-8-9-17(14,4)16(12,2)3/h10-16,18H,5-9H2,1-4H3;11-15,18H,5-10H2,1-4H3. The predicted octanol–water partition coefficient (Wildman–Crippen LogP) is 8.35. The molecule has 6 fully saturated rings. The lowest BCUT2D eigenvalue weighted by atomic mass is 9.59. The highest BCUT2D eigenvalue weighted by Crippen LogP contribution is 2.70. The quantitative estimate of drug-likeness (QED) is 0.400. The van der Waals surface area contributed by atoms with Crippen LogP contribution in [0.5, 0.6) is 0 Å². The molecule has 13 atom stereocenters. The Morgan fingerprint density at radius 1 is 0.583 bits per heavy atom. The van der Waals surface area contributed by atoms with E-state index in [1.54, 1.807) is 0 Å². The SMILES string of the molecule is CC1CCCC(C2CC3CC2C(C)C3(C)C)C1O.CC1CCCC(C2CC3CCC2(C)C3(C)C)C1O. The van der Waals surface area contributed by atoms with Crippen LogP contribution in [-0.4, -0.2) is 22.4 Å². The molecule has 0 spiro atoms. The average Bonchev–Trinajstić information content (AvgIpc) is 3.48. The van der Waals surface area contributed by atoms with E-state index >= 15 is 0 Å². The molecule has 36 heavy (non-hydrogen) atoms. The highest BCUT2D eigenvalue weighted by molar-refractivity contribution is 5.12. The van der Waals surface area contributed by atoms with E-state index in [9.17, 15) is 10.2 Å². The van der Waals surface area contributed by atoms with Crippen molar-refractivity contribution in [2.75, 3.05) is 0 Å². The zero-order valence-electron chi connectivity index (χ0n) is 25.1. The van der Waals surface area contributed by atoms with Crippen molar-refractivity contribution < 1.29 is 10.2 Å². The molecule has 0 radical (unpaired) electrons. The van der Waals surface area contributed by atoms with Gasteiger partial charge in [0.05, 0.1) is 12.2 Å². The Hall–Kier alpha value is -0.0800. The molecule has 0 aliphatic heterocycles. The van der Waals surface area contributed by atoms with E-state index in [0.29, 0.717) is 39.9 Å². The van der Waals surface area contributed by atoms with Gasteiger partial charge in [-0.05, 0) is 133 Å². The summed E-state index contributed by atoms with van der Waals surface area (Å²) in [5.41, 5.74) is 1.53. The maximum Gasteiger partial charge on any atom is 0.0596 e. The molecule has 208 valence electrons. The van der Waals surface area contributed by atoms with Crippen molar-refractivity contribution in [3.05, 3.63) is 0 Å². The van der Waals surface area contributed by atoms with Gasteiger partial charge in [-0.1, -0.05) is 68.2 Å². The smallest absolute Gasteiger partial charge is 0.0596 e. The molecule has 2 nitrogen and oxygen atoms in total. The monoisotopic (exact) mass is 500 g/mol. The number of aliphatic hydroxyl groups is 2. The molecule has 0 aromatic rings. The van der Waals surface area contributed by atoms with Gasteiger partial charge in [-0.15, -0.1) is 0 Å². The molecule has 0 aromatic carbocycles. The Morgan fingerprint density at radius 3 is 1.64 bits per heavy atom. The third-order valence-electron chi connectivity index (χ3n) is 14.9. The Bertz CT molecular complexity index is 782. The summed E-state index contributed by atoms with van der Waals surface area (Å²) in [4.78, 5) is 0.